The molecular formula is C21H19F3N6O. The maximum absolute atomic E-state index is 13.4. The molecule has 0 amide bonds. The van der Waals surface area contributed by atoms with Gasteiger partial charge in [0.25, 0.3) is 5.56 Å². The van der Waals surface area contributed by atoms with Gasteiger partial charge in [0.15, 0.2) is 5.65 Å². The molecule has 1 fully saturated rings. The molecule has 7 nitrogen and oxygen atoms in total. The number of alkyl halides is 3. The van der Waals surface area contributed by atoms with Crippen LogP contribution < -0.4 is 10.5 Å². The number of aryl methyl sites for hydroxylation is 1. The molecule has 4 aromatic rings. The highest BCUT2D eigenvalue weighted by atomic mass is 19.4. The zero-order valence-corrected chi connectivity index (χ0v) is 16.7. The monoisotopic (exact) mass is 428 g/mol. The van der Waals surface area contributed by atoms with Gasteiger partial charge in [0.1, 0.15) is 18.2 Å². The molecule has 1 aliphatic rings. The predicted octanol–water partition coefficient (Wildman–Crippen LogP) is 3.65. The van der Waals surface area contributed by atoms with Crippen molar-refractivity contribution in [1.82, 2.24) is 24.1 Å². The van der Waals surface area contributed by atoms with Crippen LogP contribution in [0.2, 0.25) is 0 Å². The fourth-order valence-electron chi connectivity index (χ4n) is 4.30. The van der Waals surface area contributed by atoms with Gasteiger partial charge in [-0.3, -0.25) is 9.36 Å². The van der Waals surface area contributed by atoms with Crippen LogP contribution in [0.1, 0.15) is 30.4 Å². The highest BCUT2D eigenvalue weighted by Crippen LogP contribution is 2.36. The van der Waals surface area contributed by atoms with E-state index in [1.54, 1.807) is 35.0 Å². The van der Waals surface area contributed by atoms with Gasteiger partial charge in [0.05, 0.1) is 23.1 Å². The quantitative estimate of drug-likeness (QED) is 0.498. The minimum Gasteiger partial charge on any atom is -0.346 e. The van der Waals surface area contributed by atoms with Gasteiger partial charge in [-0.15, -0.1) is 0 Å². The summed E-state index contributed by atoms with van der Waals surface area (Å²) >= 11 is 0. The van der Waals surface area contributed by atoms with E-state index in [0.29, 0.717) is 24.1 Å². The summed E-state index contributed by atoms with van der Waals surface area (Å²) < 4.78 is 42.7. The average molecular weight is 428 g/mol. The lowest BCUT2D eigenvalue weighted by atomic mass is 10.1. The molecule has 160 valence electrons. The van der Waals surface area contributed by atoms with Gasteiger partial charge in [-0.2, -0.15) is 22.8 Å². The molecule has 1 aromatic carbocycles. The second-order valence-corrected chi connectivity index (χ2v) is 7.70. The van der Waals surface area contributed by atoms with E-state index < -0.39 is 24.3 Å². The second kappa shape index (κ2) is 7.07. The van der Waals surface area contributed by atoms with Gasteiger partial charge in [0, 0.05) is 24.4 Å². The van der Waals surface area contributed by atoms with Crippen molar-refractivity contribution in [2.45, 2.75) is 38.5 Å². The molecule has 1 aliphatic heterocycles. The van der Waals surface area contributed by atoms with Gasteiger partial charge >= 0.3 is 6.18 Å². The standard InChI is InChI=1S/C21H19F3N6O/c1-13-11-18(30-17(26-13)8-9-25-30)28-10-4-7-16(28)19-27-15-6-3-2-5-14(15)20(31)29(19)12-21(22,23)24/h2-3,5-6,8-9,11,16H,4,7,10,12H2,1H3. The van der Waals surface area contributed by atoms with Gasteiger partial charge < -0.3 is 4.90 Å². The van der Waals surface area contributed by atoms with Crippen molar-refractivity contribution in [3.63, 3.8) is 0 Å². The number of anilines is 1. The highest BCUT2D eigenvalue weighted by molar-refractivity contribution is 5.77. The van der Waals surface area contributed by atoms with E-state index in [1.165, 1.54) is 6.07 Å². The fraction of sp³-hybridized carbons (Fsp3) is 0.333. The van der Waals surface area contributed by atoms with E-state index in [-0.39, 0.29) is 11.2 Å². The molecule has 0 aliphatic carbocycles. The zero-order chi connectivity index (χ0) is 21.8. The smallest absolute Gasteiger partial charge is 0.346 e. The molecule has 1 unspecified atom stereocenters. The molecule has 1 saturated heterocycles. The highest BCUT2D eigenvalue weighted by Gasteiger charge is 2.36. The lowest BCUT2D eigenvalue weighted by Crippen LogP contribution is -2.36. The predicted molar refractivity (Wildman–Crippen MR) is 109 cm³/mol. The number of nitrogens with zero attached hydrogens (tertiary/aromatic N) is 6. The molecule has 0 saturated carbocycles. The summed E-state index contributed by atoms with van der Waals surface area (Å²) in [5, 5.41) is 4.50. The lowest BCUT2D eigenvalue weighted by Gasteiger charge is -2.29. The molecule has 0 bridgehead atoms. The van der Waals surface area contributed by atoms with E-state index in [0.717, 1.165) is 22.5 Å². The largest absolute Gasteiger partial charge is 0.406 e. The minimum atomic E-state index is -4.55. The van der Waals surface area contributed by atoms with E-state index >= 15 is 0 Å². The number of aromatic nitrogens is 5. The number of rotatable bonds is 3. The van der Waals surface area contributed by atoms with Crippen LogP contribution >= 0.6 is 0 Å². The van der Waals surface area contributed by atoms with Crippen LogP contribution in [0.25, 0.3) is 16.6 Å². The van der Waals surface area contributed by atoms with Crippen molar-refractivity contribution in [2.24, 2.45) is 0 Å². The Bertz CT molecular complexity index is 1340. The molecule has 0 spiro atoms. The summed E-state index contributed by atoms with van der Waals surface area (Å²) in [5.74, 6) is 0.837. The Morgan fingerprint density at radius 3 is 2.77 bits per heavy atom. The molecule has 10 heteroatoms. The summed E-state index contributed by atoms with van der Waals surface area (Å²) in [6.07, 6.45) is -1.59. The third-order valence-electron chi connectivity index (χ3n) is 5.54. The summed E-state index contributed by atoms with van der Waals surface area (Å²) in [4.78, 5) is 24.0. The maximum atomic E-state index is 13.4. The number of hydrogen-bond acceptors (Lipinski definition) is 5. The number of para-hydroxylation sites is 1. The first kappa shape index (κ1) is 19.5. The van der Waals surface area contributed by atoms with E-state index in [4.69, 9.17) is 0 Å². The Kier molecular flexibility index (Phi) is 4.45. The van der Waals surface area contributed by atoms with Crippen molar-refractivity contribution in [3.8, 4) is 0 Å². The molecule has 1 atom stereocenters. The first-order valence-corrected chi connectivity index (χ1v) is 9.96. The van der Waals surface area contributed by atoms with Crippen LogP contribution in [0.15, 0.2) is 47.4 Å². The molecule has 5 rings (SSSR count). The fourth-order valence-corrected chi connectivity index (χ4v) is 4.30. The summed E-state index contributed by atoms with van der Waals surface area (Å²) in [6.45, 7) is 1.09. The number of benzene rings is 1. The van der Waals surface area contributed by atoms with Crippen LogP contribution in [0.4, 0.5) is 19.0 Å². The van der Waals surface area contributed by atoms with Gasteiger partial charge in [-0.25, -0.2) is 9.97 Å². The Morgan fingerprint density at radius 1 is 1.16 bits per heavy atom. The van der Waals surface area contributed by atoms with Crippen molar-refractivity contribution < 1.29 is 13.2 Å². The average Bonchev–Trinajstić information content (AvgIpc) is 3.38. The maximum Gasteiger partial charge on any atom is 0.406 e. The van der Waals surface area contributed by atoms with Crippen molar-refractivity contribution in [2.75, 3.05) is 11.4 Å². The second-order valence-electron chi connectivity index (χ2n) is 7.70. The van der Waals surface area contributed by atoms with Crippen molar-refractivity contribution in [1.29, 1.82) is 0 Å². The number of halogens is 3. The number of hydrogen-bond donors (Lipinski definition) is 0. The molecule has 31 heavy (non-hydrogen) atoms. The zero-order valence-electron chi connectivity index (χ0n) is 16.7. The summed E-state index contributed by atoms with van der Waals surface area (Å²) in [6, 6.07) is 9.64. The van der Waals surface area contributed by atoms with Crippen LogP contribution in [0, 0.1) is 6.92 Å². The first-order chi connectivity index (χ1) is 14.8. The van der Waals surface area contributed by atoms with Crippen molar-refractivity contribution >= 4 is 22.4 Å². The molecule has 0 N–H and O–H groups in total. The Balaban J connectivity index is 1.71. The van der Waals surface area contributed by atoms with Crippen LogP contribution in [0.3, 0.4) is 0 Å². The molecule has 4 heterocycles. The summed E-state index contributed by atoms with van der Waals surface area (Å²) in [7, 11) is 0. The third-order valence-corrected chi connectivity index (χ3v) is 5.54. The van der Waals surface area contributed by atoms with Gasteiger partial charge in [0.2, 0.25) is 0 Å². The molecular weight excluding hydrogens is 409 g/mol. The first-order valence-electron chi connectivity index (χ1n) is 9.96. The molecule has 0 radical (unpaired) electrons. The van der Waals surface area contributed by atoms with E-state index in [9.17, 15) is 18.0 Å². The lowest BCUT2D eigenvalue weighted by molar-refractivity contribution is -0.141. The van der Waals surface area contributed by atoms with Crippen LogP contribution in [-0.2, 0) is 6.54 Å². The topological polar surface area (TPSA) is 68.3 Å². The van der Waals surface area contributed by atoms with E-state index in [2.05, 4.69) is 15.1 Å². The Hall–Kier alpha value is -3.43. The van der Waals surface area contributed by atoms with Gasteiger partial charge in [-0.05, 0) is 31.9 Å². The summed E-state index contributed by atoms with van der Waals surface area (Å²) in [5.41, 5.74) is 1.13. The van der Waals surface area contributed by atoms with Crippen molar-refractivity contribution in [3.05, 3.63) is 64.5 Å². The Labute approximate surface area is 174 Å². The minimum absolute atomic E-state index is 0.119. The van der Waals surface area contributed by atoms with Crippen LogP contribution in [-0.4, -0.2) is 36.9 Å². The normalized spacial score (nSPS) is 17.2. The number of fused-ring (bicyclic) bond motifs is 2. The molecule has 3 aromatic heterocycles. The SMILES string of the molecule is Cc1cc(N2CCCC2c2nc3ccccc3c(=O)n2CC(F)(F)F)n2nccc2n1. The third kappa shape index (κ3) is 3.41. The Morgan fingerprint density at radius 2 is 1.97 bits per heavy atom. The van der Waals surface area contributed by atoms with E-state index in [1.807, 2.05) is 17.9 Å². The van der Waals surface area contributed by atoms with Gasteiger partial charge in [-0.1, -0.05) is 12.1 Å². The van der Waals surface area contributed by atoms with Crippen LogP contribution in [0.5, 0.6) is 0 Å².